The van der Waals surface area contributed by atoms with E-state index in [1.54, 1.807) is 47.1 Å². The second kappa shape index (κ2) is 13.9. The van der Waals surface area contributed by atoms with Gasteiger partial charge >= 0.3 is 5.97 Å². The molecular weight excluding hydrogens is 587 g/mol. The Morgan fingerprint density at radius 1 is 0.860 bits per heavy atom. The first kappa shape index (κ1) is 30.3. The molecule has 2 amide bonds. The predicted octanol–water partition coefficient (Wildman–Crippen LogP) is 6.57. The number of nitrogens with zero attached hydrogens (tertiary/aromatic N) is 2. The molecule has 4 aromatic rings. The molecule has 5 rings (SSSR count). The molecule has 1 heterocycles. The molecular formula is C33H32Cl2N4O4. The first-order valence-electron chi connectivity index (χ1n) is 14.2. The number of halogens is 2. The summed E-state index contributed by atoms with van der Waals surface area (Å²) in [5, 5.41) is 20.2. The van der Waals surface area contributed by atoms with E-state index in [1.807, 2.05) is 12.1 Å². The molecule has 222 valence electrons. The zero-order valence-electron chi connectivity index (χ0n) is 23.4. The highest BCUT2D eigenvalue weighted by molar-refractivity contribution is 6.42. The predicted molar refractivity (Wildman–Crippen MR) is 167 cm³/mol. The van der Waals surface area contributed by atoms with E-state index in [0.717, 1.165) is 36.8 Å². The van der Waals surface area contributed by atoms with E-state index in [-0.39, 0.29) is 30.8 Å². The number of hydrogen-bond donors (Lipinski definition) is 3. The van der Waals surface area contributed by atoms with Gasteiger partial charge in [-0.2, -0.15) is 5.10 Å². The summed E-state index contributed by atoms with van der Waals surface area (Å²) in [6, 6.07) is 24.5. The van der Waals surface area contributed by atoms with Gasteiger partial charge in [-0.1, -0.05) is 71.7 Å². The zero-order valence-corrected chi connectivity index (χ0v) is 24.9. The van der Waals surface area contributed by atoms with Gasteiger partial charge in [-0.15, -0.1) is 0 Å². The van der Waals surface area contributed by atoms with Crippen LogP contribution in [0.5, 0.6) is 0 Å². The summed E-state index contributed by atoms with van der Waals surface area (Å²) in [5.74, 6) is -1.02. The van der Waals surface area contributed by atoms with E-state index in [9.17, 15) is 14.4 Å². The van der Waals surface area contributed by atoms with E-state index in [2.05, 4.69) is 34.9 Å². The third-order valence-electron chi connectivity index (χ3n) is 7.73. The molecule has 1 saturated carbocycles. The minimum Gasteiger partial charge on any atom is -0.481 e. The molecule has 1 fully saturated rings. The Balaban J connectivity index is 1.31. The molecule has 0 saturated heterocycles. The van der Waals surface area contributed by atoms with Crippen molar-refractivity contribution < 1.29 is 19.5 Å². The van der Waals surface area contributed by atoms with Crippen LogP contribution in [0.3, 0.4) is 0 Å². The summed E-state index contributed by atoms with van der Waals surface area (Å²) in [7, 11) is 0. The number of benzene rings is 3. The minimum atomic E-state index is -0.977. The van der Waals surface area contributed by atoms with Crippen LogP contribution in [-0.4, -0.2) is 45.3 Å². The number of carbonyl (C=O) groups excluding carboxylic acids is 2. The molecule has 0 atom stereocenters. The van der Waals surface area contributed by atoms with E-state index >= 15 is 0 Å². The van der Waals surface area contributed by atoms with Gasteiger partial charge < -0.3 is 15.7 Å². The van der Waals surface area contributed by atoms with Crippen LogP contribution in [-0.2, 0) is 11.3 Å². The van der Waals surface area contributed by atoms with Gasteiger partial charge in [-0.05, 0) is 73.1 Å². The maximum absolute atomic E-state index is 13.6. The lowest BCUT2D eigenvalue weighted by atomic mass is 9.82. The van der Waals surface area contributed by atoms with Gasteiger partial charge in [-0.3, -0.25) is 19.1 Å². The molecule has 10 heteroatoms. The van der Waals surface area contributed by atoms with Gasteiger partial charge in [0.1, 0.15) is 5.69 Å². The summed E-state index contributed by atoms with van der Waals surface area (Å²) < 4.78 is 1.66. The van der Waals surface area contributed by atoms with Crippen molar-refractivity contribution in [3.63, 3.8) is 0 Å². The second-order valence-electron chi connectivity index (χ2n) is 10.7. The SMILES string of the molecule is O=C(O)CCNC(=O)c1ccc(Cn2nc(-c3ccc(Cl)c(Cl)c3)cc2C(=O)NC2CCC(c3ccccc3)CC2)cc1. The van der Waals surface area contributed by atoms with Crippen LogP contribution >= 0.6 is 23.2 Å². The number of carbonyl (C=O) groups is 3. The first-order valence-corrected chi connectivity index (χ1v) is 15.0. The van der Waals surface area contributed by atoms with Crippen molar-refractivity contribution in [1.82, 2.24) is 20.4 Å². The van der Waals surface area contributed by atoms with Crippen LogP contribution in [0.15, 0.2) is 78.9 Å². The molecule has 0 aliphatic heterocycles. The molecule has 43 heavy (non-hydrogen) atoms. The van der Waals surface area contributed by atoms with Crippen molar-refractivity contribution in [2.75, 3.05) is 6.54 Å². The largest absolute Gasteiger partial charge is 0.481 e. The number of amides is 2. The summed E-state index contributed by atoms with van der Waals surface area (Å²) in [5.41, 5.74) is 4.34. The van der Waals surface area contributed by atoms with Gasteiger partial charge in [0.25, 0.3) is 11.8 Å². The van der Waals surface area contributed by atoms with Crippen LogP contribution in [0.1, 0.15) is 70.0 Å². The maximum atomic E-state index is 13.6. The molecule has 0 unspecified atom stereocenters. The highest BCUT2D eigenvalue weighted by Crippen LogP contribution is 2.33. The average molecular weight is 620 g/mol. The number of hydrogen-bond acceptors (Lipinski definition) is 4. The van der Waals surface area contributed by atoms with Crippen molar-refractivity contribution >= 4 is 41.0 Å². The van der Waals surface area contributed by atoms with Crippen molar-refractivity contribution in [3.8, 4) is 11.3 Å². The molecule has 1 aliphatic carbocycles. The van der Waals surface area contributed by atoms with Crippen LogP contribution < -0.4 is 10.6 Å². The number of rotatable bonds is 10. The Hall–Kier alpha value is -4.14. The van der Waals surface area contributed by atoms with E-state index in [4.69, 9.17) is 33.4 Å². The van der Waals surface area contributed by atoms with Crippen LogP contribution in [0, 0.1) is 0 Å². The monoisotopic (exact) mass is 618 g/mol. The fourth-order valence-corrected chi connectivity index (χ4v) is 5.69. The Morgan fingerprint density at radius 2 is 1.58 bits per heavy atom. The quantitative estimate of drug-likeness (QED) is 0.186. The molecule has 0 radical (unpaired) electrons. The zero-order chi connectivity index (χ0) is 30.3. The van der Waals surface area contributed by atoms with Gasteiger partial charge in [0.2, 0.25) is 0 Å². The fraction of sp³-hybridized carbons (Fsp3) is 0.273. The van der Waals surface area contributed by atoms with Crippen molar-refractivity contribution in [2.45, 2.75) is 50.6 Å². The molecule has 0 bridgehead atoms. The first-order chi connectivity index (χ1) is 20.8. The van der Waals surface area contributed by atoms with Gasteiger partial charge in [0.15, 0.2) is 0 Å². The summed E-state index contributed by atoms with van der Waals surface area (Å²) >= 11 is 12.4. The lowest BCUT2D eigenvalue weighted by Gasteiger charge is -2.29. The third-order valence-corrected chi connectivity index (χ3v) is 8.47. The molecule has 1 aromatic heterocycles. The molecule has 3 N–H and O–H groups in total. The topological polar surface area (TPSA) is 113 Å². The number of aliphatic carboxylic acids is 1. The standard InChI is InChI=1S/C33H32Cl2N4O4/c34-27-15-12-25(18-28(27)35)29-19-30(33(43)37-26-13-10-23(11-14-26)22-4-2-1-3-5-22)39(38-29)20-21-6-8-24(9-7-21)32(42)36-17-16-31(40)41/h1-9,12,15,18-19,23,26H,10-11,13-14,16-17,20H2,(H,36,42)(H,37,43)(H,40,41). The number of carboxylic acid groups (broad SMARTS) is 1. The number of aromatic nitrogens is 2. The highest BCUT2D eigenvalue weighted by Gasteiger charge is 2.25. The number of carboxylic acids is 1. The van der Waals surface area contributed by atoms with E-state index in [0.29, 0.717) is 39.5 Å². The third kappa shape index (κ3) is 7.83. The highest BCUT2D eigenvalue weighted by atomic mass is 35.5. The van der Waals surface area contributed by atoms with Crippen LogP contribution in [0.25, 0.3) is 11.3 Å². The Kier molecular flexibility index (Phi) is 9.79. The van der Waals surface area contributed by atoms with Crippen molar-refractivity contribution in [1.29, 1.82) is 0 Å². The summed E-state index contributed by atoms with van der Waals surface area (Å²) in [6.07, 6.45) is 3.67. The lowest BCUT2D eigenvalue weighted by molar-refractivity contribution is -0.136. The van der Waals surface area contributed by atoms with Gasteiger partial charge in [-0.25, -0.2) is 0 Å². The minimum absolute atomic E-state index is 0.0487. The molecule has 3 aromatic carbocycles. The Morgan fingerprint density at radius 3 is 2.26 bits per heavy atom. The normalized spacial score (nSPS) is 16.4. The van der Waals surface area contributed by atoms with Crippen LogP contribution in [0.2, 0.25) is 10.0 Å². The molecule has 1 aliphatic rings. The average Bonchev–Trinajstić information content (AvgIpc) is 3.43. The Labute approximate surface area is 260 Å². The lowest BCUT2D eigenvalue weighted by Crippen LogP contribution is -2.38. The molecule has 0 spiro atoms. The van der Waals surface area contributed by atoms with Gasteiger partial charge in [0, 0.05) is 23.7 Å². The smallest absolute Gasteiger partial charge is 0.305 e. The van der Waals surface area contributed by atoms with E-state index in [1.165, 1.54) is 5.56 Å². The van der Waals surface area contributed by atoms with Crippen molar-refractivity contribution in [2.24, 2.45) is 0 Å². The van der Waals surface area contributed by atoms with E-state index < -0.39 is 5.97 Å². The van der Waals surface area contributed by atoms with Gasteiger partial charge in [0.05, 0.1) is 28.7 Å². The summed E-state index contributed by atoms with van der Waals surface area (Å²) in [6.45, 7) is 0.346. The van der Waals surface area contributed by atoms with Crippen LogP contribution in [0.4, 0.5) is 0 Å². The summed E-state index contributed by atoms with van der Waals surface area (Å²) in [4.78, 5) is 36.7. The Bertz CT molecular complexity index is 1600. The van der Waals surface area contributed by atoms with Crippen molar-refractivity contribution in [3.05, 3.63) is 111 Å². The second-order valence-corrected chi connectivity index (χ2v) is 11.5. The maximum Gasteiger partial charge on any atom is 0.305 e. The fourth-order valence-electron chi connectivity index (χ4n) is 5.39. The number of nitrogens with one attached hydrogen (secondary N) is 2. The molecule has 8 nitrogen and oxygen atoms in total.